The number of rotatable bonds is 4. The van der Waals surface area contributed by atoms with E-state index in [0.29, 0.717) is 12.4 Å². The maximum Gasteiger partial charge on any atom is 0.142 e. The van der Waals surface area contributed by atoms with Crippen LogP contribution in [-0.2, 0) is 13.0 Å². The summed E-state index contributed by atoms with van der Waals surface area (Å²) < 4.78 is 0. The van der Waals surface area contributed by atoms with Crippen molar-refractivity contribution in [2.45, 2.75) is 19.9 Å². The predicted molar refractivity (Wildman–Crippen MR) is 92.0 cm³/mol. The summed E-state index contributed by atoms with van der Waals surface area (Å²) in [5.41, 5.74) is 11.4. The minimum absolute atomic E-state index is 0.321. The average molecular weight is 319 g/mol. The number of H-pyrrole nitrogens is 2. The van der Waals surface area contributed by atoms with E-state index in [1.807, 2.05) is 24.7 Å². The van der Waals surface area contributed by atoms with Crippen molar-refractivity contribution >= 4 is 11.0 Å². The summed E-state index contributed by atoms with van der Waals surface area (Å²) in [5.74, 6) is 0.651. The Morgan fingerprint density at radius 3 is 2.75 bits per heavy atom. The normalized spacial score (nSPS) is 11.2. The number of hydrogen-bond acceptors (Lipinski definition) is 5. The lowest BCUT2D eigenvalue weighted by Gasteiger charge is -2.05. The van der Waals surface area contributed by atoms with Gasteiger partial charge in [-0.15, -0.1) is 0 Å². The summed E-state index contributed by atoms with van der Waals surface area (Å²) >= 11 is 0. The van der Waals surface area contributed by atoms with Crippen molar-refractivity contribution in [3.8, 4) is 22.4 Å². The second-order valence-corrected chi connectivity index (χ2v) is 5.53. The fourth-order valence-corrected chi connectivity index (χ4v) is 2.74. The van der Waals surface area contributed by atoms with Gasteiger partial charge in [-0.2, -0.15) is 5.10 Å². The Labute approximate surface area is 138 Å². The highest BCUT2D eigenvalue weighted by atomic mass is 15.1. The minimum atomic E-state index is 0.321. The van der Waals surface area contributed by atoms with E-state index in [-0.39, 0.29) is 0 Å². The molecule has 0 amide bonds. The van der Waals surface area contributed by atoms with Gasteiger partial charge in [0.15, 0.2) is 0 Å². The summed E-state index contributed by atoms with van der Waals surface area (Å²) in [6.45, 7) is 2.39. The van der Waals surface area contributed by atoms with Crippen LogP contribution in [0.4, 0.5) is 0 Å². The van der Waals surface area contributed by atoms with Crippen molar-refractivity contribution < 1.29 is 0 Å². The van der Waals surface area contributed by atoms with Crippen LogP contribution in [0.15, 0.2) is 36.9 Å². The van der Waals surface area contributed by atoms with Gasteiger partial charge in [0.25, 0.3) is 0 Å². The lowest BCUT2D eigenvalue weighted by Crippen LogP contribution is -2.06. The van der Waals surface area contributed by atoms with Gasteiger partial charge in [0.1, 0.15) is 11.5 Å². The number of hydrogen-bond donors (Lipinski definition) is 3. The van der Waals surface area contributed by atoms with Gasteiger partial charge in [0.05, 0.1) is 18.4 Å². The third-order valence-corrected chi connectivity index (χ3v) is 4.01. The maximum atomic E-state index is 5.74. The molecule has 0 atom stereocenters. The van der Waals surface area contributed by atoms with E-state index >= 15 is 0 Å². The highest BCUT2D eigenvalue weighted by molar-refractivity contribution is 5.94. The van der Waals surface area contributed by atoms with Crippen LogP contribution < -0.4 is 5.73 Å². The first kappa shape index (κ1) is 14.5. The molecule has 0 aliphatic heterocycles. The van der Waals surface area contributed by atoms with Gasteiger partial charge in [0.2, 0.25) is 0 Å². The van der Waals surface area contributed by atoms with Crippen molar-refractivity contribution in [2.75, 3.05) is 0 Å². The van der Waals surface area contributed by atoms with Crippen molar-refractivity contribution in [3.05, 3.63) is 48.4 Å². The molecule has 0 aliphatic rings. The molecule has 0 bridgehead atoms. The first-order valence-electron chi connectivity index (χ1n) is 7.82. The zero-order chi connectivity index (χ0) is 16.5. The van der Waals surface area contributed by atoms with Crippen molar-refractivity contribution in [3.63, 3.8) is 0 Å². The van der Waals surface area contributed by atoms with E-state index in [0.717, 1.165) is 45.5 Å². The van der Waals surface area contributed by atoms with E-state index in [1.165, 1.54) is 0 Å². The number of nitrogens with two attached hydrogens (primary N) is 1. The van der Waals surface area contributed by atoms with Crippen molar-refractivity contribution in [1.29, 1.82) is 0 Å². The number of pyridine rings is 1. The quantitative estimate of drug-likeness (QED) is 0.535. The van der Waals surface area contributed by atoms with Crippen LogP contribution in [0.3, 0.4) is 0 Å². The van der Waals surface area contributed by atoms with Crippen LogP contribution in [0.5, 0.6) is 0 Å². The molecule has 0 aromatic carbocycles. The van der Waals surface area contributed by atoms with Crippen molar-refractivity contribution in [1.82, 2.24) is 30.1 Å². The number of aromatic amines is 2. The van der Waals surface area contributed by atoms with E-state index in [1.54, 1.807) is 6.20 Å². The molecule has 120 valence electrons. The molecule has 7 nitrogen and oxygen atoms in total. The fourth-order valence-electron chi connectivity index (χ4n) is 2.74. The summed E-state index contributed by atoms with van der Waals surface area (Å²) in [5, 5.41) is 7.84. The third-order valence-electron chi connectivity index (χ3n) is 4.01. The first-order chi connectivity index (χ1) is 11.8. The van der Waals surface area contributed by atoms with Gasteiger partial charge in [0, 0.05) is 46.4 Å². The number of nitrogens with zero attached hydrogens (tertiary/aromatic N) is 4. The molecule has 4 N–H and O–H groups in total. The second kappa shape index (κ2) is 5.86. The highest BCUT2D eigenvalue weighted by Gasteiger charge is 2.12. The van der Waals surface area contributed by atoms with Gasteiger partial charge in [-0.05, 0) is 18.6 Å². The molecule has 0 spiro atoms. The molecule has 0 saturated carbocycles. The number of aryl methyl sites for hydroxylation is 1. The summed E-state index contributed by atoms with van der Waals surface area (Å²) in [4.78, 5) is 16.7. The SMILES string of the molecule is CCc1cc(-c2c[nH]c3ncc(-c4cn[nH]c4)cc23)nc(CN)n1. The molecule has 0 fully saturated rings. The zero-order valence-corrected chi connectivity index (χ0v) is 13.2. The van der Waals surface area contributed by atoms with Crippen LogP contribution in [0.2, 0.25) is 0 Å². The molecule has 4 aromatic heterocycles. The molecule has 4 aromatic rings. The Kier molecular flexibility index (Phi) is 3.55. The van der Waals surface area contributed by atoms with Crippen molar-refractivity contribution in [2.24, 2.45) is 5.73 Å². The Morgan fingerprint density at radius 1 is 1.08 bits per heavy atom. The molecular weight excluding hydrogens is 302 g/mol. The molecule has 4 rings (SSSR count). The lowest BCUT2D eigenvalue weighted by atomic mass is 10.1. The number of fused-ring (bicyclic) bond motifs is 1. The maximum absolute atomic E-state index is 5.74. The Bertz CT molecular complexity index is 963. The number of nitrogens with one attached hydrogen (secondary N) is 2. The molecule has 4 heterocycles. The van der Waals surface area contributed by atoms with Crippen LogP contribution >= 0.6 is 0 Å². The minimum Gasteiger partial charge on any atom is -0.345 e. The standard InChI is InChI=1S/C17H17N7/c1-2-12-4-15(24-16(5-18)23-12)14-9-20-17-13(14)3-10(6-19-17)11-7-21-22-8-11/h3-4,6-9H,2,5,18H2,1H3,(H,19,20)(H,21,22). The van der Waals surface area contributed by atoms with Gasteiger partial charge in [-0.3, -0.25) is 5.10 Å². The van der Waals surface area contributed by atoms with Gasteiger partial charge >= 0.3 is 0 Å². The first-order valence-corrected chi connectivity index (χ1v) is 7.82. The fraction of sp³-hybridized carbons (Fsp3) is 0.176. The van der Waals surface area contributed by atoms with E-state index in [4.69, 9.17) is 5.73 Å². The van der Waals surface area contributed by atoms with Crippen LogP contribution in [0.25, 0.3) is 33.4 Å². The molecule has 0 unspecified atom stereocenters. The second-order valence-electron chi connectivity index (χ2n) is 5.53. The van der Waals surface area contributed by atoms with E-state index < -0.39 is 0 Å². The van der Waals surface area contributed by atoms with Crippen LogP contribution in [0, 0.1) is 0 Å². The lowest BCUT2D eigenvalue weighted by molar-refractivity contribution is 0.871. The molecule has 0 radical (unpaired) electrons. The number of aromatic nitrogens is 6. The summed E-state index contributed by atoms with van der Waals surface area (Å²) in [6.07, 6.45) is 8.22. The Morgan fingerprint density at radius 2 is 2.00 bits per heavy atom. The molecule has 24 heavy (non-hydrogen) atoms. The smallest absolute Gasteiger partial charge is 0.142 e. The third kappa shape index (κ3) is 2.44. The molecular formula is C17H17N7. The monoisotopic (exact) mass is 319 g/mol. The van der Waals surface area contributed by atoms with E-state index in [2.05, 4.69) is 43.1 Å². The molecule has 0 aliphatic carbocycles. The van der Waals surface area contributed by atoms with E-state index in [9.17, 15) is 0 Å². The van der Waals surface area contributed by atoms with Gasteiger partial charge in [-0.1, -0.05) is 6.92 Å². The Hall–Kier alpha value is -3.06. The van der Waals surface area contributed by atoms with Gasteiger partial charge in [-0.25, -0.2) is 15.0 Å². The highest BCUT2D eigenvalue weighted by Crippen LogP contribution is 2.30. The van der Waals surface area contributed by atoms with Crippen LogP contribution in [-0.4, -0.2) is 30.1 Å². The summed E-state index contributed by atoms with van der Waals surface area (Å²) in [7, 11) is 0. The molecule has 7 heteroatoms. The molecule has 0 saturated heterocycles. The van der Waals surface area contributed by atoms with Gasteiger partial charge < -0.3 is 10.7 Å². The topological polar surface area (TPSA) is 109 Å². The van der Waals surface area contributed by atoms with Crippen LogP contribution in [0.1, 0.15) is 18.4 Å². The Balaban J connectivity index is 1.89. The zero-order valence-electron chi connectivity index (χ0n) is 13.2. The average Bonchev–Trinajstić information content (AvgIpc) is 3.30. The largest absolute Gasteiger partial charge is 0.345 e. The summed E-state index contributed by atoms with van der Waals surface area (Å²) in [6, 6.07) is 4.10. The predicted octanol–water partition coefficient (Wildman–Crippen LogP) is 2.43.